The lowest BCUT2D eigenvalue weighted by atomic mass is 10.2. The largest absolute Gasteiger partial charge is 0.345 e. The molecule has 20 heavy (non-hydrogen) atoms. The van der Waals surface area contributed by atoms with E-state index in [9.17, 15) is 4.79 Å². The van der Waals surface area contributed by atoms with Crippen LogP contribution < -0.4 is 11.1 Å². The van der Waals surface area contributed by atoms with E-state index in [4.69, 9.17) is 12.2 Å². The first kappa shape index (κ1) is 14.5. The van der Waals surface area contributed by atoms with Crippen LogP contribution in [0.1, 0.15) is 50.3 Å². The number of hydrogen-bond acceptors (Lipinski definition) is 4. The van der Waals surface area contributed by atoms with Crippen molar-refractivity contribution in [1.29, 1.82) is 0 Å². The highest BCUT2D eigenvalue weighted by Crippen LogP contribution is 2.18. The normalized spacial score (nSPS) is 17.4. The van der Waals surface area contributed by atoms with Gasteiger partial charge in [0, 0.05) is 19.4 Å². The molecule has 0 spiro atoms. The number of aromatic nitrogens is 3. The molecule has 6 heteroatoms. The number of fused-ring (bicyclic) bond motifs is 1. The third kappa shape index (κ3) is 3.17. The van der Waals surface area contributed by atoms with Crippen LogP contribution in [0.5, 0.6) is 0 Å². The van der Waals surface area contributed by atoms with Crippen molar-refractivity contribution in [3.63, 3.8) is 0 Å². The maximum absolute atomic E-state index is 11.9. The van der Waals surface area contributed by atoms with Gasteiger partial charge in [0.1, 0.15) is 5.82 Å². The molecule has 0 saturated heterocycles. The molecule has 1 amide bonds. The van der Waals surface area contributed by atoms with Gasteiger partial charge in [-0.15, -0.1) is 22.5 Å². The Morgan fingerprint density at radius 2 is 2.30 bits per heavy atom. The molecule has 2 unspecified atom stereocenters. The summed E-state index contributed by atoms with van der Waals surface area (Å²) in [4.78, 5) is 11.9. The zero-order valence-electron chi connectivity index (χ0n) is 11.8. The van der Waals surface area contributed by atoms with E-state index in [0.717, 1.165) is 37.5 Å². The second-order valence-electron chi connectivity index (χ2n) is 5.18. The minimum absolute atomic E-state index is 0.217. The predicted molar refractivity (Wildman–Crippen MR) is 75.6 cm³/mol. The van der Waals surface area contributed by atoms with Gasteiger partial charge in [-0.2, -0.15) is 0 Å². The van der Waals surface area contributed by atoms with E-state index in [1.807, 2.05) is 6.92 Å². The molecule has 1 aromatic heterocycles. The standard InChI is InChI=1S/C14H21N5O/c1-3-7-11(15)14(20)16-10(2)13-18-17-12-8-5-4-6-9-19(12)13/h1,10-11H,4-9,15H2,2H3,(H,16,20). The Hall–Kier alpha value is -1.87. The number of nitrogens with two attached hydrogens (primary N) is 1. The summed E-state index contributed by atoms with van der Waals surface area (Å²) in [5.74, 6) is 3.95. The van der Waals surface area contributed by atoms with E-state index in [1.165, 1.54) is 6.42 Å². The van der Waals surface area contributed by atoms with Crippen LogP contribution in [-0.2, 0) is 17.8 Å². The average molecular weight is 275 g/mol. The molecule has 2 heterocycles. The van der Waals surface area contributed by atoms with Gasteiger partial charge >= 0.3 is 0 Å². The topological polar surface area (TPSA) is 85.8 Å². The predicted octanol–water partition coefficient (Wildman–Crippen LogP) is 0.532. The first-order valence-corrected chi connectivity index (χ1v) is 7.05. The van der Waals surface area contributed by atoms with Gasteiger partial charge in [-0.05, 0) is 19.8 Å². The Labute approximate surface area is 119 Å². The number of terminal acetylenes is 1. The summed E-state index contributed by atoms with van der Waals surface area (Å²) in [6, 6.07) is -0.889. The van der Waals surface area contributed by atoms with Gasteiger partial charge in [-0.1, -0.05) is 6.42 Å². The average Bonchev–Trinajstić information content (AvgIpc) is 2.68. The van der Waals surface area contributed by atoms with E-state index < -0.39 is 6.04 Å². The first-order chi connectivity index (χ1) is 9.63. The summed E-state index contributed by atoms with van der Waals surface area (Å²) in [6.45, 7) is 2.80. The molecule has 1 aromatic rings. The van der Waals surface area contributed by atoms with E-state index in [-0.39, 0.29) is 18.4 Å². The van der Waals surface area contributed by atoms with Gasteiger partial charge in [0.2, 0.25) is 5.91 Å². The molecule has 6 nitrogen and oxygen atoms in total. The van der Waals surface area contributed by atoms with Crippen molar-refractivity contribution in [1.82, 2.24) is 20.1 Å². The summed E-state index contributed by atoms with van der Waals surface area (Å²) in [6.07, 6.45) is 9.82. The zero-order valence-corrected chi connectivity index (χ0v) is 11.8. The Balaban J connectivity index is 2.06. The highest BCUT2D eigenvalue weighted by atomic mass is 16.2. The highest BCUT2D eigenvalue weighted by molar-refractivity contribution is 5.82. The van der Waals surface area contributed by atoms with Gasteiger partial charge in [-0.25, -0.2) is 0 Å². The fourth-order valence-electron chi connectivity index (χ4n) is 2.43. The summed E-state index contributed by atoms with van der Waals surface area (Å²) in [5.41, 5.74) is 5.69. The number of amides is 1. The molecular formula is C14H21N5O. The maximum atomic E-state index is 11.9. The Kier molecular flexibility index (Phi) is 4.74. The Bertz CT molecular complexity index is 516. The molecule has 0 saturated carbocycles. The lowest BCUT2D eigenvalue weighted by molar-refractivity contribution is -0.122. The lowest BCUT2D eigenvalue weighted by Gasteiger charge is -2.17. The van der Waals surface area contributed by atoms with Crippen LogP contribution in [0.3, 0.4) is 0 Å². The molecule has 2 rings (SSSR count). The lowest BCUT2D eigenvalue weighted by Crippen LogP contribution is -2.42. The summed E-state index contributed by atoms with van der Waals surface area (Å²) in [7, 11) is 0. The quantitative estimate of drug-likeness (QED) is 0.785. The number of aryl methyl sites for hydroxylation is 1. The van der Waals surface area contributed by atoms with Gasteiger partial charge in [0.25, 0.3) is 0 Å². The van der Waals surface area contributed by atoms with Crippen molar-refractivity contribution in [3.8, 4) is 12.3 Å². The molecular weight excluding hydrogens is 254 g/mol. The minimum atomic E-state index is -0.672. The van der Waals surface area contributed by atoms with E-state index in [1.54, 1.807) is 0 Å². The molecule has 0 aliphatic carbocycles. The number of hydrogen-bond donors (Lipinski definition) is 2. The molecule has 1 aliphatic heterocycles. The van der Waals surface area contributed by atoms with Gasteiger partial charge < -0.3 is 15.6 Å². The molecule has 0 radical (unpaired) electrons. The minimum Gasteiger partial charge on any atom is -0.345 e. The number of nitrogens with zero attached hydrogens (tertiary/aromatic N) is 3. The molecule has 1 aliphatic rings. The smallest absolute Gasteiger partial charge is 0.238 e. The zero-order chi connectivity index (χ0) is 14.5. The molecule has 0 fully saturated rings. The van der Waals surface area contributed by atoms with Crippen molar-refractivity contribution in [2.75, 3.05) is 0 Å². The van der Waals surface area contributed by atoms with Crippen molar-refractivity contribution < 1.29 is 4.79 Å². The third-order valence-corrected chi connectivity index (χ3v) is 3.56. The van der Waals surface area contributed by atoms with Crippen LogP contribution in [0, 0.1) is 12.3 Å². The van der Waals surface area contributed by atoms with E-state index in [0.29, 0.717) is 0 Å². The fourth-order valence-corrected chi connectivity index (χ4v) is 2.43. The van der Waals surface area contributed by atoms with Gasteiger partial charge in [-0.3, -0.25) is 4.79 Å². The Morgan fingerprint density at radius 1 is 1.50 bits per heavy atom. The van der Waals surface area contributed by atoms with Crippen molar-refractivity contribution in [3.05, 3.63) is 11.6 Å². The second kappa shape index (κ2) is 6.53. The van der Waals surface area contributed by atoms with Crippen LogP contribution in [0.15, 0.2) is 0 Å². The molecule has 108 valence electrons. The monoisotopic (exact) mass is 275 g/mol. The van der Waals surface area contributed by atoms with Crippen LogP contribution in [0.4, 0.5) is 0 Å². The van der Waals surface area contributed by atoms with Gasteiger partial charge in [0.15, 0.2) is 5.82 Å². The SMILES string of the molecule is C#CCC(N)C(=O)NC(C)c1nnc2n1CCCCC2. The second-order valence-corrected chi connectivity index (χ2v) is 5.18. The van der Waals surface area contributed by atoms with Crippen molar-refractivity contribution in [2.45, 2.75) is 57.7 Å². The number of carbonyl (C=O) groups is 1. The third-order valence-electron chi connectivity index (χ3n) is 3.56. The fraction of sp³-hybridized carbons (Fsp3) is 0.643. The van der Waals surface area contributed by atoms with E-state index >= 15 is 0 Å². The van der Waals surface area contributed by atoms with Crippen LogP contribution in [0.2, 0.25) is 0 Å². The van der Waals surface area contributed by atoms with Crippen molar-refractivity contribution in [2.24, 2.45) is 5.73 Å². The number of rotatable bonds is 4. The molecule has 2 atom stereocenters. The number of nitrogens with one attached hydrogen (secondary N) is 1. The van der Waals surface area contributed by atoms with Crippen LogP contribution >= 0.6 is 0 Å². The summed E-state index contributed by atoms with van der Waals surface area (Å²) < 4.78 is 2.12. The van der Waals surface area contributed by atoms with Crippen LogP contribution in [0.25, 0.3) is 0 Å². The number of carbonyl (C=O) groups excluding carboxylic acids is 1. The Morgan fingerprint density at radius 3 is 3.05 bits per heavy atom. The van der Waals surface area contributed by atoms with Crippen LogP contribution in [-0.4, -0.2) is 26.7 Å². The summed E-state index contributed by atoms with van der Waals surface area (Å²) in [5, 5.41) is 11.3. The maximum Gasteiger partial charge on any atom is 0.238 e. The van der Waals surface area contributed by atoms with Crippen molar-refractivity contribution >= 4 is 5.91 Å². The molecule has 3 N–H and O–H groups in total. The molecule has 0 bridgehead atoms. The van der Waals surface area contributed by atoms with E-state index in [2.05, 4.69) is 26.0 Å². The summed E-state index contributed by atoms with van der Waals surface area (Å²) >= 11 is 0. The van der Waals surface area contributed by atoms with Gasteiger partial charge in [0.05, 0.1) is 12.1 Å². The molecule has 0 aromatic carbocycles. The highest BCUT2D eigenvalue weighted by Gasteiger charge is 2.22. The first-order valence-electron chi connectivity index (χ1n) is 7.05.